The second-order valence-electron chi connectivity index (χ2n) is 3.97. The molecule has 0 aliphatic carbocycles. The monoisotopic (exact) mass is 263 g/mol. The summed E-state index contributed by atoms with van der Waals surface area (Å²) >= 11 is 1.62. The van der Waals surface area contributed by atoms with Crippen molar-refractivity contribution in [2.75, 3.05) is 19.1 Å². The lowest BCUT2D eigenvalue weighted by Gasteiger charge is -2.16. The van der Waals surface area contributed by atoms with Crippen LogP contribution in [0.4, 0.5) is 10.8 Å². The molecule has 2 rings (SSSR count). The van der Waals surface area contributed by atoms with Gasteiger partial charge < -0.3 is 15.4 Å². The van der Waals surface area contributed by atoms with Gasteiger partial charge >= 0.3 is 0 Å². The quantitative estimate of drug-likeness (QED) is 0.921. The molecule has 18 heavy (non-hydrogen) atoms. The molecule has 0 unspecified atom stereocenters. The molecule has 2 aromatic rings. The highest BCUT2D eigenvalue weighted by molar-refractivity contribution is 7.15. The van der Waals surface area contributed by atoms with Gasteiger partial charge in [-0.05, 0) is 19.1 Å². The van der Waals surface area contributed by atoms with Crippen LogP contribution in [0.1, 0.15) is 10.6 Å². The van der Waals surface area contributed by atoms with Gasteiger partial charge in [0.15, 0.2) is 5.13 Å². The van der Waals surface area contributed by atoms with E-state index in [1.54, 1.807) is 18.4 Å². The van der Waals surface area contributed by atoms with Crippen molar-refractivity contribution in [1.29, 1.82) is 0 Å². The molecule has 0 radical (unpaired) electrons. The average Bonchev–Trinajstić information content (AvgIpc) is 2.79. The molecule has 0 fully saturated rings. The number of hydrogen-bond acceptors (Lipinski definition) is 5. The zero-order valence-electron chi connectivity index (χ0n) is 10.8. The summed E-state index contributed by atoms with van der Waals surface area (Å²) in [7, 11) is 3.66. The van der Waals surface area contributed by atoms with Crippen LogP contribution < -0.4 is 15.4 Å². The fourth-order valence-corrected chi connectivity index (χ4v) is 2.60. The predicted molar refractivity (Wildman–Crippen MR) is 75.8 cm³/mol. The summed E-state index contributed by atoms with van der Waals surface area (Å²) < 4.78 is 5.23. The molecule has 0 saturated heterocycles. The Bertz CT molecular complexity index is 539. The zero-order valence-corrected chi connectivity index (χ0v) is 11.6. The van der Waals surface area contributed by atoms with E-state index >= 15 is 0 Å². The third kappa shape index (κ3) is 2.47. The number of nitrogens with two attached hydrogens (primary N) is 1. The minimum absolute atomic E-state index is 0.537. The van der Waals surface area contributed by atoms with Gasteiger partial charge in [0.25, 0.3) is 0 Å². The molecule has 0 spiro atoms. The highest BCUT2D eigenvalue weighted by atomic mass is 32.1. The molecule has 0 saturated carbocycles. The summed E-state index contributed by atoms with van der Waals surface area (Å²) in [6.45, 7) is 2.52. The molecular weight excluding hydrogens is 246 g/mol. The maximum Gasteiger partial charge on any atom is 0.190 e. The number of aromatic nitrogens is 1. The maximum atomic E-state index is 5.68. The van der Waals surface area contributed by atoms with Crippen molar-refractivity contribution in [3.63, 3.8) is 0 Å². The van der Waals surface area contributed by atoms with Crippen molar-refractivity contribution in [1.82, 2.24) is 4.98 Å². The largest absolute Gasteiger partial charge is 0.497 e. The van der Waals surface area contributed by atoms with Crippen LogP contribution in [0.15, 0.2) is 24.3 Å². The van der Waals surface area contributed by atoms with Crippen molar-refractivity contribution < 1.29 is 4.74 Å². The van der Waals surface area contributed by atoms with E-state index in [0.29, 0.717) is 6.54 Å². The van der Waals surface area contributed by atoms with Crippen molar-refractivity contribution in [3.05, 3.63) is 34.8 Å². The van der Waals surface area contributed by atoms with Gasteiger partial charge in [-0.1, -0.05) is 17.4 Å². The lowest BCUT2D eigenvalue weighted by molar-refractivity contribution is 0.415. The Labute approximate surface area is 111 Å². The molecule has 0 aliphatic rings. The van der Waals surface area contributed by atoms with E-state index in [0.717, 1.165) is 27.1 Å². The van der Waals surface area contributed by atoms with Crippen molar-refractivity contribution in [2.45, 2.75) is 13.5 Å². The number of anilines is 2. The Balaban J connectivity index is 2.31. The maximum absolute atomic E-state index is 5.68. The van der Waals surface area contributed by atoms with E-state index in [4.69, 9.17) is 10.5 Å². The summed E-state index contributed by atoms with van der Waals surface area (Å²) in [5.74, 6) is 0.840. The topological polar surface area (TPSA) is 51.4 Å². The van der Waals surface area contributed by atoms with E-state index in [2.05, 4.69) is 4.98 Å². The summed E-state index contributed by atoms with van der Waals surface area (Å²) in [6, 6.07) is 7.91. The molecule has 1 aromatic carbocycles. The molecule has 5 heteroatoms. The Morgan fingerprint density at radius 3 is 2.83 bits per heavy atom. The summed E-state index contributed by atoms with van der Waals surface area (Å²) in [5, 5.41) is 0.946. The van der Waals surface area contributed by atoms with Crippen LogP contribution in [0.25, 0.3) is 0 Å². The van der Waals surface area contributed by atoms with Gasteiger partial charge in [-0.2, -0.15) is 0 Å². The fourth-order valence-electron chi connectivity index (χ4n) is 1.68. The lowest BCUT2D eigenvalue weighted by Crippen LogP contribution is -2.08. The number of rotatable bonds is 4. The van der Waals surface area contributed by atoms with E-state index in [9.17, 15) is 0 Å². The first-order chi connectivity index (χ1) is 8.65. The van der Waals surface area contributed by atoms with E-state index in [-0.39, 0.29) is 0 Å². The number of nitrogens with zero attached hydrogens (tertiary/aromatic N) is 2. The van der Waals surface area contributed by atoms with E-state index in [1.165, 1.54) is 0 Å². The van der Waals surface area contributed by atoms with Crippen molar-refractivity contribution in [3.8, 4) is 5.75 Å². The van der Waals surface area contributed by atoms with Gasteiger partial charge in [0.2, 0.25) is 0 Å². The van der Waals surface area contributed by atoms with Crippen LogP contribution in [0.3, 0.4) is 0 Å². The number of thiazole rings is 1. The van der Waals surface area contributed by atoms with Gasteiger partial charge in [-0.25, -0.2) is 4.98 Å². The van der Waals surface area contributed by atoms with E-state index < -0.39 is 0 Å². The van der Waals surface area contributed by atoms with Crippen LogP contribution in [-0.2, 0) is 6.54 Å². The molecule has 1 heterocycles. The number of aryl methyl sites for hydroxylation is 1. The third-order valence-corrected chi connectivity index (χ3v) is 4.05. The zero-order chi connectivity index (χ0) is 13.1. The summed E-state index contributed by atoms with van der Waals surface area (Å²) in [4.78, 5) is 7.70. The lowest BCUT2D eigenvalue weighted by atomic mass is 10.3. The highest BCUT2D eigenvalue weighted by Crippen LogP contribution is 2.31. The van der Waals surface area contributed by atoms with Crippen LogP contribution in [0, 0.1) is 6.92 Å². The number of ether oxygens (including phenoxy) is 1. The van der Waals surface area contributed by atoms with Crippen LogP contribution in [-0.4, -0.2) is 19.1 Å². The molecule has 0 atom stereocenters. The Kier molecular flexibility index (Phi) is 3.84. The third-order valence-electron chi connectivity index (χ3n) is 2.79. The highest BCUT2D eigenvalue weighted by Gasteiger charge is 2.12. The normalized spacial score (nSPS) is 10.4. The molecule has 1 aromatic heterocycles. The molecule has 0 amide bonds. The standard InChI is InChI=1S/C13H17N3OS/c1-9-12(8-14)18-13(15-9)16(2)10-5-4-6-11(7-10)17-3/h4-7H,8,14H2,1-3H3. The first kappa shape index (κ1) is 12.9. The smallest absolute Gasteiger partial charge is 0.190 e. The van der Waals surface area contributed by atoms with Crippen molar-refractivity contribution >= 4 is 22.2 Å². The first-order valence-electron chi connectivity index (χ1n) is 5.70. The molecule has 96 valence electrons. The number of benzene rings is 1. The molecule has 0 aliphatic heterocycles. The molecular formula is C13H17N3OS. The average molecular weight is 263 g/mol. The summed E-state index contributed by atoms with van der Waals surface area (Å²) in [6.07, 6.45) is 0. The number of hydrogen-bond donors (Lipinski definition) is 1. The van der Waals surface area contributed by atoms with E-state index in [1.807, 2.05) is 43.1 Å². The van der Waals surface area contributed by atoms with Gasteiger partial charge in [0.1, 0.15) is 5.75 Å². The van der Waals surface area contributed by atoms with Gasteiger partial charge in [-0.3, -0.25) is 0 Å². The molecule has 0 bridgehead atoms. The molecule has 2 N–H and O–H groups in total. The minimum Gasteiger partial charge on any atom is -0.497 e. The van der Waals surface area contributed by atoms with Crippen LogP contribution in [0.2, 0.25) is 0 Å². The fraction of sp³-hybridized carbons (Fsp3) is 0.308. The Morgan fingerprint density at radius 2 is 2.22 bits per heavy atom. The minimum atomic E-state index is 0.537. The van der Waals surface area contributed by atoms with Crippen LogP contribution >= 0.6 is 11.3 Å². The van der Waals surface area contributed by atoms with Crippen LogP contribution in [0.5, 0.6) is 5.75 Å². The second-order valence-corrected chi connectivity index (χ2v) is 5.03. The SMILES string of the molecule is COc1cccc(N(C)c2nc(C)c(CN)s2)c1. The number of methoxy groups -OCH3 is 1. The second kappa shape index (κ2) is 5.37. The first-order valence-corrected chi connectivity index (χ1v) is 6.51. The van der Waals surface area contributed by atoms with Gasteiger partial charge in [-0.15, -0.1) is 0 Å². The summed E-state index contributed by atoms with van der Waals surface area (Å²) in [5.41, 5.74) is 7.73. The Morgan fingerprint density at radius 1 is 1.44 bits per heavy atom. The van der Waals surface area contributed by atoms with Crippen molar-refractivity contribution in [2.24, 2.45) is 5.73 Å². The van der Waals surface area contributed by atoms with Gasteiger partial charge in [0.05, 0.1) is 12.8 Å². The predicted octanol–water partition coefficient (Wildman–Crippen LogP) is 2.69. The van der Waals surface area contributed by atoms with Gasteiger partial charge in [0, 0.05) is 30.2 Å². The Hall–Kier alpha value is -1.59. The molecule has 4 nitrogen and oxygen atoms in total.